The normalized spacial score (nSPS) is 11.0. The molecule has 8 nitrogen and oxygen atoms in total. The van der Waals surface area contributed by atoms with Crippen LogP contribution in [0.15, 0.2) is 53.9 Å². The van der Waals surface area contributed by atoms with Crippen molar-refractivity contribution >= 4 is 21.7 Å². The van der Waals surface area contributed by atoms with E-state index in [0.29, 0.717) is 30.2 Å². The molecule has 0 aliphatic rings. The van der Waals surface area contributed by atoms with Crippen LogP contribution in [0, 0.1) is 0 Å². The summed E-state index contributed by atoms with van der Waals surface area (Å²) >= 11 is 0. The first-order valence-corrected chi connectivity index (χ1v) is 10.2. The molecule has 156 valence electrons. The number of nitrogens with one attached hydrogen (secondary N) is 2. The van der Waals surface area contributed by atoms with Gasteiger partial charge in [-0.1, -0.05) is 12.1 Å². The lowest BCUT2D eigenvalue weighted by Crippen LogP contribution is -2.25. The van der Waals surface area contributed by atoms with Crippen molar-refractivity contribution in [1.82, 2.24) is 4.72 Å². The third-order valence-corrected chi connectivity index (χ3v) is 5.58. The molecule has 0 aliphatic carbocycles. The molecular formula is C20H24N2O6S. The number of benzene rings is 2. The van der Waals surface area contributed by atoms with E-state index >= 15 is 0 Å². The number of methoxy groups -OCH3 is 2. The van der Waals surface area contributed by atoms with E-state index in [-0.39, 0.29) is 17.0 Å². The Morgan fingerprint density at radius 1 is 1.14 bits per heavy atom. The van der Waals surface area contributed by atoms with Crippen LogP contribution in [0.2, 0.25) is 0 Å². The third kappa shape index (κ3) is 5.72. The maximum absolute atomic E-state index is 12.6. The molecule has 2 aromatic carbocycles. The second kappa shape index (κ2) is 9.94. The summed E-state index contributed by atoms with van der Waals surface area (Å²) in [6, 6.07) is 9.46. The fraction of sp³-hybridized carbons (Fsp3) is 0.250. The van der Waals surface area contributed by atoms with Gasteiger partial charge in [0.15, 0.2) is 11.5 Å². The van der Waals surface area contributed by atoms with Crippen LogP contribution in [0.25, 0.3) is 0 Å². The lowest BCUT2D eigenvalue weighted by molar-refractivity contribution is 0.0696. The molecule has 0 aliphatic heterocycles. The fourth-order valence-electron chi connectivity index (χ4n) is 2.65. The number of sulfonamides is 1. The van der Waals surface area contributed by atoms with Crippen molar-refractivity contribution in [1.29, 1.82) is 0 Å². The zero-order valence-electron chi connectivity index (χ0n) is 16.3. The van der Waals surface area contributed by atoms with E-state index in [0.717, 1.165) is 11.6 Å². The fourth-order valence-corrected chi connectivity index (χ4v) is 3.85. The molecular weight excluding hydrogens is 396 g/mol. The molecule has 0 heterocycles. The third-order valence-electron chi connectivity index (χ3n) is 4.11. The number of carbonyl (C=O) groups is 1. The number of anilines is 1. The lowest BCUT2D eigenvalue weighted by atomic mass is 10.1. The van der Waals surface area contributed by atoms with Gasteiger partial charge in [-0.15, -0.1) is 6.58 Å². The molecule has 0 aromatic heterocycles. The lowest BCUT2D eigenvalue weighted by Gasteiger charge is -2.14. The van der Waals surface area contributed by atoms with Crippen LogP contribution in [0.4, 0.5) is 5.69 Å². The summed E-state index contributed by atoms with van der Waals surface area (Å²) in [5.41, 5.74) is 1.16. The molecule has 0 radical (unpaired) electrons. The Labute approximate surface area is 170 Å². The Hall–Kier alpha value is -3.04. The van der Waals surface area contributed by atoms with E-state index in [4.69, 9.17) is 9.47 Å². The Bertz CT molecular complexity index is 988. The van der Waals surface area contributed by atoms with Gasteiger partial charge in [-0.05, 0) is 42.3 Å². The monoisotopic (exact) mass is 420 g/mol. The number of rotatable bonds is 11. The second-order valence-electron chi connectivity index (χ2n) is 6.02. The average molecular weight is 420 g/mol. The number of hydrogen-bond donors (Lipinski definition) is 3. The molecule has 0 bridgehead atoms. The second-order valence-corrected chi connectivity index (χ2v) is 7.76. The predicted molar refractivity (Wildman–Crippen MR) is 111 cm³/mol. The first-order valence-electron chi connectivity index (χ1n) is 8.75. The van der Waals surface area contributed by atoms with Crippen LogP contribution in [0.3, 0.4) is 0 Å². The maximum Gasteiger partial charge on any atom is 0.335 e. The number of hydrogen-bond acceptors (Lipinski definition) is 6. The Kier molecular flexibility index (Phi) is 7.63. The molecule has 29 heavy (non-hydrogen) atoms. The van der Waals surface area contributed by atoms with Crippen molar-refractivity contribution in [3.63, 3.8) is 0 Å². The highest BCUT2D eigenvalue weighted by Crippen LogP contribution is 2.28. The molecule has 0 unspecified atom stereocenters. The number of ether oxygens (including phenoxy) is 2. The predicted octanol–water partition coefficient (Wildman–Crippen LogP) is 2.52. The molecule has 0 amide bonds. The van der Waals surface area contributed by atoms with E-state index < -0.39 is 16.0 Å². The van der Waals surface area contributed by atoms with E-state index in [1.807, 2.05) is 12.1 Å². The number of carboxylic acid groups (broad SMARTS) is 1. The number of aromatic carboxylic acids is 1. The minimum atomic E-state index is -3.91. The largest absolute Gasteiger partial charge is 0.493 e. The molecule has 0 spiro atoms. The summed E-state index contributed by atoms with van der Waals surface area (Å²) < 4.78 is 38.0. The van der Waals surface area contributed by atoms with Crippen molar-refractivity contribution in [3.05, 3.63) is 60.2 Å². The molecule has 0 saturated carbocycles. The van der Waals surface area contributed by atoms with Crippen molar-refractivity contribution in [2.75, 3.05) is 32.6 Å². The van der Waals surface area contributed by atoms with Gasteiger partial charge in [0.2, 0.25) is 10.0 Å². The van der Waals surface area contributed by atoms with Crippen LogP contribution in [-0.2, 0) is 16.4 Å². The highest BCUT2D eigenvalue weighted by Gasteiger charge is 2.20. The summed E-state index contributed by atoms with van der Waals surface area (Å²) in [7, 11) is -0.797. The average Bonchev–Trinajstić information content (AvgIpc) is 2.72. The highest BCUT2D eigenvalue weighted by atomic mass is 32.2. The molecule has 2 rings (SSSR count). The summed E-state index contributed by atoms with van der Waals surface area (Å²) in [5, 5.41) is 12.3. The van der Waals surface area contributed by atoms with E-state index in [2.05, 4.69) is 16.6 Å². The van der Waals surface area contributed by atoms with Crippen molar-refractivity contribution in [3.8, 4) is 11.5 Å². The van der Waals surface area contributed by atoms with E-state index in [9.17, 15) is 18.3 Å². The van der Waals surface area contributed by atoms with Crippen LogP contribution in [0.1, 0.15) is 15.9 Å². The van der Waals surface area contributed by atoms with Crippen molar-refractivity contribution < 1.29 is 27.8 Å². The molecule has 0 fully saturated rings. The quantitative estimate of drug-likeness (QED) is 0.479. The zero-order valence-corrected chi connectivity index (χ0v) is 17.1. The van der Waals surface area contributed by atoms with Gasteiger partial charge in [0.1, 0.15) is 4.90 Å². The molecule has 0 atom stereocenters. The Balaban J connectivity index is 2.22. The van der Waals surface area contributed by atoms with Crippen LogP contribution in [-0.4, -0.2) is 46.8 Å². The smallest absolute Gasteiger partial charge is 0.335 e. The van der Waals surface area contributed by atoms with Gasteiger partial charge >= 0.3 is 5.97 Å². The van der Waals surface area contributed by atoms with Gasteiger partial charge in [0.05, 0.1) is 25.5 Å². The zero-order chi connectivity index (χ0) is 21.4. The van der Waals surface area contributed by atoms with Crippen LogP contribution in [0.5, 0.6) is 11.5 Å². The SMILES string of the molecule is C=CCNS(=O)(=O)c1cc(C(=O)O)ccc1NCCc1ccc(OC)c(OC)c1. The first-order chi connectivity index (χ1) is 13.8. The van der Waals surface area contributed by atoms with Gasteiger partial charge in [0.25, 0.3) is 0 Å². The number of carboxylic acids is 1. The van der Waals surface area contributed by atoms with Gasteiger partial charge in [-0.2, -0.15) is 0 Å². The molecule has 9 heteroatoms. The highest BCUT2D eigenvalue weighted by molar-refractivity contribution is 7.89. The van der Waals surface area contributed by atoms with Gasteiger partial charge in [-0.25, -0.2) is 17.9 Å². The van der Waals surface area contributed by atoms with Crippen molar-refractivity contribution in [2.45, 2.75) is 11.3 Å². The van der Waals surface area contributed by atoms with Gasteiger partial charge in [-0.3, -0.25) is 0 Å². The Morgan fingerprint density at radius 3 is 2.48 bits per heavy atom. The Morgan fingerprint density at radius 2 is 1.86 bits per heavy atom. The molecule has 2 aromatic rings. The minimum Gasteiger partial charge on any atom is -0.493 e. The summed E-state index contributed by atoms with van der Waals surface area (Å²) in [6.07, 6.45) is 1.99. The topological polar surface area (TPSA) is 114 Å². The van der Waals surface area contributed by atoms with Gasteiger partial charge < -0.3 is 19.9 Å². The first kappa shape index (κ1) is 22.3. The minimum absolute atomic E-state index is 0.0325. The molecule has 3 N–H and O–H groups in total. The maximum atomic E-state index is 12.6. The van der Waals surface area contributed by atoms with E-state index in [1.54, 1.807) is 20.3 Å². The molecule has 0 saturated heterocycles. The van der Waals surface area contributed by atoms with Gasteiger partial charge in [0, 0.05) is 13.1 Å². The van der Waals surface area contributed by atoms with Crippen LogP contribution >= 0.6 is 0 Å². The summed E-state index contributed by atoms with van der Waals surface area (Å²) in [5.74, 6) is 0.0184. The summed E-state index contributed by atoms with van der Waals surface area (Å²) in [6.45, 7) is 3.93. The van der Waals surface area contributed by atoms with E-state index in [1.165, 1.54) is 18.2 Å². The van der Waals surface area contributed by atoms with Crippen molar-refractivity contribution in [2.24, 2.45) is 0 Å². The standard InChI is InChI=1S/C20H24N2O6S/c1-4-10-22-29(25,26)19-13-15(20(23)24)6-7-16(19)21-11-9-14-5-8-17(27-2)18(12-14)28-3/h4-8,12-13,21-22H,1,9-11H2,2-3H3,(H,23,24). The van der Waals surface area contributed by atoms with Crippen LogP contribution < -0.4 is 19.5 Å². The summed E-state index contributed by atoms with van der Waals surface area (Å²) in [4.78, 5) is 11.1.